The second-order valence-electron chi connectivity index (χ2n) is 4.00. The standard InChI is InChI=1S/C14H7F5O2/c15-10-6-5-8(7-11(10)16)13(20)9-3-1-2-4-12(9)21-14(17,18)19/h1-7H. The molecule has 0 saturated heterocycles. The molecule has 0 aliphatic heterocycles. The lowest BCUT2D eigenvalue weighted by molar-refractivity contribution is -0.274. The quantitative estimate of drug-likeness (QED) is 0.630. The minimum absolute atomic E-state index is 0.285. The van der Waals surface area contributed by atoms with E-state index in [-0.39, 0.29) is 5.56 Å². The Morgan fingerprint density at radius 2 is 1.62 bits per heavy atom. The van der Waals surface area contributed by atoms with E-state index in [1.807, 2.05) is 0 Å². The smallest absolute Gasteiger partial charge is 0.405 e. The molecule has 0 bridgehead atoms. The summed E-state index contributed by atoms with van der Waals surface area (Å²) in [6.45, 7) is 0. The van der Waals surface area contributed by atoms with Crippen molar-refractivity contribution in [2.45, 2.75) is 6.36 Å². The van der Waals surface area contributed by atoms with Crippen LogP contribution in [-0.2, 0) is 0 Å². The SMILES string of the molecule is O=C(c1ccc(F)c(F)c1)c1ccccc1OC(F)(F)F. The third-order valence-electron chi connectivity index (χ3n) is 2.54. The van der Waals surface area contributed by atoms with Crippen LogP contribution in [-0.4, -0.2) is 12.1 Å². The molecule has 0 aromatic heterocycles. The number of rotatable bonds is 3. The molecule has 0 aliphatic rings. The molecule has 0 amide bonds. The first-order valence-corrected chi connectivity index (χ1v) is 5.62. The number of para-hydroxylation sites is 1. The maximum absolute atomic E-state index is 13.1. The first-order chi connectivity index (χ1) is 9.78. The molecule has 110 valence electrons. The Balaban J connectivity index is 2.41. The van der Waals surface area contributed by atoms with Crippen LogP contribution in [0.1, 0.15) is 15.9 Å². The monoisotopic (exact) mass is 302 g/mol. The number of alkyl halides is 3. The van der Waals surface area contributed by atoms with Crippen LogP contribution in [0.4, 0.5) is 22.0 Å². The van der Waals surface area contributed by atoms with Gasteiger partial charge in [-0.2, -0.15) is 0 Å². The zero-order chi connectivity index (χ0) is 15.6. The number of benzene rings is 2. The molecule has 2 aromatic rings. The molecule has 0 aliphatic carbocycles. The maximum Gasteiger partial charge on any atom is 0.573 e. The number of ether oxygens (including phenoxy) is 1. The van der Waals surface area contributed by atoms with Crippen LogP contribution in [0.5, 0.6) is 5.75 Å². The lowest BCUT2D eigenvalue weighted by atomic mass is 10.0. The van der Waals surface area contributed by atoms with Crippen molar-refractivity contribution in [2.75, 3.05) is 0 Å². The van der Waals surface area contributed by atoms with Crippen molar-refractivity contribution in [2.24, 2.45) is 0 Å². The van der Waals surface area contributed by atoms with Crippen molar-refractivity contribution < 1.29 is 31.5 Å². The van der Waals surface area contributed by atoms with Gasteiger partial charge >= 0.3 is 6.36 Å². The average molecular weight is 302 g/mol. The van der Waals surface area contributed by atoms with Crippen LogP contribution in [0.2, 0.25) is 0 Å². The Hall–Kier alpha value is -2.44. The number of ketones is 1. The van der Waals surface area contributed by atoms with E-state index in [4.69, 9.17) is 0 Å². The highest BCUT2D eigenvalue weighted by molar-refractivity contribution is 6.10. The summed E-state index contributed by atoms with van der Waals surface area (Å²) in [6.07, 6.45) is -4.97. The molecular weight excluding hydrogens is 295 g/mol. The highest BCUT2D eigenvalue weighted by atomic mass is 19.4. The first-order valence-electron chi connectivity index (χ1n) is 5.62. The van der Waals surface area contributed by atoms with Gasteiger partial charge in [0.05, 0.1) is 5.56 Å². The number of carbonyl (C=O) groups excluding carboxylic acids is 1. The van der Waals surface area contributed by atoms with Crippen molar-refractivity contribution >= 4 is 5.78 Å². The van der Waals surface area contributed by atoms with Crippen LogP contribution < -0.4 is 4.74 Å². The van der Waals surface area contributed by atoms with Crippen molar-refractivity contribution in [3.63, 3.8) is 0 Å². The van der Waals surface area contributed by atoms with Gasteiger partial charge in [0.1, 0.15) is 5.75 Å². The number of hydrogen-bond donors (Lipinski definition) is 0. The third-order valence-corrected chi connectivity index (χ3v) is 2.54. The number of hydrogen-bond acceptors (Lipinski definition) is 2. The van der Waals surface area contributed by atoms with Crippen LogP contribution in [0, 0.1) is 11.6 Å². The highest BCUT2D eigenvalue weighted by Crippen LogP contribution is 2.28. The Morgan fingerprint density at radius 3 is 2.24 bits per heavy atom. The summed E-state index contributed by atoms with van der Waals surface area (Å²) >= 11 is 0. The normalized spacial score (nSPS) is 11.3. The molecule has 7 heteroatoms. The fourth-order valence-corrected chi connectivity index (χ4v) is 1.66. The van der Waals surface area contributed by atoms with Crippen LogP contribution in [0.3, 0.4) is 0 Å². The summed E-state index contributed by atoms with van der Waals surface area (Å²) in [5.41, 5.74) is -0.687. The van der Waals surface area contributed by atoms with E-state index >= 15 is 0 Å². The molecule has 0 saturated carbocycles. The van der Waals surface area contributed by atoms with Crippen molar-refractivity contribution in [1.82, 2.24) is 0 Å². The van der Waals surface area contributed by atoms with Gasteiger partial charge in [0.25, 0.3) is 0 Å². The Bertz CT molecular complexity index is 679. The summed E-state index contributed by atoms with van der Waals surface area (Å²) in [5.74, 6) is -4.05. The van der Waals surface area contributed by atoms with Crippen LogP contribution in [0.25, 0.3) is 0 Å². The molecule has 21 heavy (non-hydrogen) atoms. The van der Waals surface area contributed by atoms with E-state index < -0.39 is 35.1 Å². The molecule has 0 spiro atoms. The maximum atomic E-state index is 13.1. The van der Waals surface area contributed by atoms with E-state index in [9.17, 15) is 26.7 Å². The van der Waals surface area contributed by atoms with Gasteiger partial charge in [-0.15, -0.1) is 13.2 Å². The summed E-state index contributed by atoms with van der Waals surface area (Å²) < 4.78 is 66.4. The Morgan fingerprint density at radius 1 is 0.952 bits per heavy atom. The minimum Gasteiger partial charge on any atom is -0.405 e. The van der Waals surface area contributed by atoms with Gasteiger partial charge in [0, 0.05) is 5.56 Å². The number of carbonyl (C=O) groups is 1. The zero-order valence-electron chi connectivity index (χ0n) is 10.2. The topological polar surface area (TPSA) is 26.3 Å². The zero-order valence-corrected chi connectivity index (χ0v) is 10.2. The molecule has 0 radical (unpaired) electrons. The predicted octanol–water partition coefficient (Wildman–Crippen LogP) is 4.09. The van der Waals surface area contributed by atoms with Crippen LogP contribution in [0.15, 0.2) is 42.5 Å². The largest absolute Gasteiger partial charge is 0.573 e. The van der Waals surface area contributed by atoms with E-state index in [0.717, 1.165) is 24.3 Å². The second kappa shape index (κ2) is 5.51. The van der Waals surface area contributed by atoms with E-state index in [2.05, 4.69) is 4.74 Å². The molecule has 0 N–H and O–H groups in total. The molecule has 0 fully saturated rings. The highest BCUT2D eigenvalue weighted by Gasteiger charge is 2.33. The van der Waals surface area contributed by atoms with Gasteiger partial charge in [-0.05, 0) is 30.3 Å². The minimum atomic E-state index is -4.97. The van der Waals surface area contributed by atoms with Gasteiger partial charge in [-0.3, -0.25) is 4.79 Å². The lowest BCUT2D eigenvalue weighted by Gasteiger charge is -2.12. The summed E-state index contributed by atoms with van der Waals surface area (Å²) in [7, 11) is 0. The van der Waals surface area contributed by atoms with E-state index in [0.29, 0.717) is 6.07 Å². The number of halogens is 5. The van der Waals surface area contributed by atoms with Crippen molar-refractivity contribution in [3.05, 3.63) is 65.2 Å². The summed E-state index contributed by atoms with van der Waals surface area (Å²) in [5, 5.41) is 0. The molecule has 2 aromatic carbocycles. The molecule has 0 atom stereocenters. The van der Waals surface area contributed by atoms with Gasteiger partial charge in [-0.25, -0.2) is 8.78 Å². The molecular formula is C14H7F5O2. The second-order valence-corrected chi connectivity index (χ2v) is 4.00. The lowest BCUT2D eigenvalue weighted by Crippen LogP contribution is -2.19. The fraction of sp³-hybridized carbons (Fsp3) is 0.0714. The third kappa shape index (κ3) is 3.56. The van der Waals surface area contributed by atoms with Gasteiger partial charge in [-0.1, -0.05) is 12.1 Å². The van der Waals surface area contributed by atoms with E-state index in [1.165, 1.54) is 12.1 Å². The van der Waals surface area contributed by atoms with E-state index in [1.54, 1.807) is 0 Å². The van der Waals surface area contributed by atoms with Crippen LogP contribution >= 0.6 is 0 Å². The molecule has 2 nitrogen and oxygen atoms in total. The average Bonchev–Trinajstić information content (AvgIpc) is 2.40. The predicted molar refractivity (Wildman–Crippen MR) is 62.9 cm³/mol. The van der Waals surface area contributed by atoms with Gasteiger partial charge < -0.3 is 4.74 Å². The molecule has 2 rings (SSSR count). The fourth-order valence-electron chi connectivity index (χ4n) is 1.66. The summed E-state index contributed by atoms with van der Waals surface area (Å²) in [6, 6.07) is 6.95. The van der Waals surface area contributed by atoms with Crippen molar-refractivity contribution in [3.8, 4) is 5.75 Å². The Labute approximate surface area is 115 Å². The molecule has 0 heterocycles. The van der Waals surface area contributed by atoms with Gasteiger partial charge in [0.15, 0.2) is 17.4 Å². The Kier molecular flexibility index (Phi) is 3.93. The van der Waals surface area contributed by atoms with Gasteiger partial charge in [0.2, 0.25) is 0 Å². The van der Waals surface area contributed by atoms with Crippen molar-refractivity contribution in [1.29, 1.82) is 0 Å². The summed E-state index contributed by atoms with van der Waals surface area (Å²) in [4.78, 5) is 12.1. The first kappa shape index (κ1) is 15.0. The molecule has 0 unspecified atom stereocenters.